The van der Waals surface area contributed by atoms with E-state index in [1.165, 1.54) is 4.31 Å². The molecule has 232 valence electrons. The molecule has 0 aliphatic rings. The third-order valence-electron chi connectivity index (χ3n) is 6.98. The Bertz CT molecular complexity index is 1430. The molecule has 0 aliphatic carbocycles. The van der Waals surface area contributed by atoms with E-state index in [1.54, 1.807) is 29.2 Å². The molecule has 1 atom stereocenters. The van der Waals surface area contributed by atoms with Gasteiger partial charge in [-0.2, -0.15) is 0 Å². The smallest absolute Gasteiger partial charge is 0.243 e. The van der Waals surface area contributed by atoms with Crippen LogP contribution in [0.1, 0.15) is 50.3 Å². The Balaban J connectivity index is 1.86. The number of ether oxygens (including phenoxy) is 1. The summed E-state index contributed by atoms with van der Waals surface area (Å²) < 4.78 is 32.2. The van der Waals surface area contributed by atoms with Gasteiger partial charge in [0.2, 0.25) is 21.8 Å². The molecule has 0 aromatic heterocycles. The Kier molecular flexibility index (Phi) is 12.6. The fraction of sp³-hybridized carbons (Fsp3) is 0.412. The molecule has 0 bridgehead atoms. The standard InChI is InChI=1S/C34H45N3O5S/c1-6-42-31-19-17-30(18-20-31)37(43(5,40)41)21-11-16-33(38)36(25-29-15-10-12-27(4)22-29)32(34(39)35-24-26(2)3)23-28-13-8-7-9-14-28/h7-10,12-15,17-20,22,26,32H,6,11,16,21,23-25H2,1-5H3,(H,35,39). The summed E-state index contributed by atoms with van der Waals surface area (Å²) in [7, 11) is -3.60. The van der Waals surface area contributed by atoms with Gasteiger partial charge < -0.3 is 15.0 Å². The van der Waals surface area contributed by atoms with Gasteiger partial charge in [0.25, 0.3) is 0 Å². The van der Waals surface area contributed by atoms with Crippen molar-refractivity contribution >= 4 is 27.5 Å². The lowest BCUT2D eigenvalue weighted by Gasteiger charge is -2.32. The Morgan fingerprint density at radius 3 is 2.21 bits per heavy atom. The molecule has 0 spiro atoms. The van der Waals surface area contributed by atoms with Crippen LogP contribution in [0.4, 0.5) is 5.69 Å². The maximum absolute atomic E-state index is 14.0. The topological polar surface area (TPSA) is 96.0 Å². The van der Waals surface area contributed by atoms with Crippen molar-refractivity contribution in [2.75, 3.05) is 30.3 Å². The van der Waals surface area contributed by atoms with E-state index >= 15 is 0 Å². The maximum atomic E-state index is 14.0. The van der Waals surface area contributed by atoms with Crippen molar-refractivity contribution in [2.24, 2.45) is 5.92 Å². The van der Waals surface area contributed by atoms with Gasteiger partial charge in [-0.25, -0.2) is 8.42 Å². The molecule has 1 unspecified atom stereocenters. The lowest BCUT2D eigenvalue weighted by Crippen LogP contribution is -2.51. The summed E-state index contributed by atoms with van der Waals surface area (Å²) in [6.07, 6.45) is 1.89. The van der Waals surface area contributed by atoms with Crippen molar-refractivity contribution in [2.45, 2.75) is 59.5 Å². The lowest BCUT2D eigenvalue weighted by atomic mass is 10.0. The Labute approximate surface area is 257 Å². The number of nitrogens with zero attached hydrogens (tertiary/aromatic N) is 2. The average molecular weight is 608 g/mol. The van der Waals surface area contributed by atoms with E-state index in [4.69, 9.17) is 4.74 Å². The molecule has 43 heavy (non-hydrogen) atoms. The molecule has 3 rings (SSSR count). The molecular formula is C34H45N3O5S. The molecule has 1 N–H and O–H groups in total. The van der Waals surface area contributed by atoms with E-state index in [0.29, 0.717) is 31.0 Å². The quantitative estimate of drug-likeness (QED) is 0.237. The predicted molar refractivity (Wildman–Crippen MR) is 173 cm³/mol. The number of sulfonamides is 1. The number of hydrogen-bond acceptors (Lipinski definition) is 5. The van der Waals surface area contributed by atoms with E-state index in [2.05, 4.69) is 5.32 Å². The van der Waals surface area contributed by atoms with Crippen LogP contribution in [-0.4, -0.2) is 57.1 Å². The molecule has 3 aromatic carbocycles. The zero-order chi connectivity index (χ0) is 31.4. The summed E-state index contributed by atoms with van der Waals surface area (Å²) in [6.45, 7) is 9.34. The number of benzene rings is 3. The first-order valence-corrected chi connectivity index (χ1v) is 16.7. The molecule has 0 heterocycles. The highest BCUT2D eigenvalue weighted by molar-refractivity contribution is 7.92. The van der Waals surface area contributed by atoms with Crippen LogP contribution in [0, 0.1) is 12.8 Å². The Hall–Kier alpha value is -3.85. The number of carbonyl (C=O) groups is 2. The Morgan fingerprint density at radius 2 is 1.60 bits per heavy atom. The van der Waals surface area contributed by atoms with Crippen molar-refractivity contribution in [1.29, 1.82) is 0 Å². The van der Waals surface area contributed by atoms with Gasteiger partial charge in [-0.3, -0.25) is 13.9 Å². The minimum absolute atomic E-state index is 0.0810. The highest BCUT2D eigenvalue weighted by Crippen LogP contribution is 2.23. The van der Waals surface area contributed by atoms with E-state index in [9.17, 15) is 18.0 Å². The summed E-state index contributed by atoms with van der Waals surface area (Å²) in [6, 6.07) is 23.7. The molecule has 0 radical (unpaired) electrons. The van der Waals surface area contributed by atoms with Crippen molar-refractivity contribution in [3.63, 3.8) is 0 Å². The molecule has 3 aromatic rings. The van der Waals surface area contributed by atoms with Crippen LogP contribution in [-0.2, 0) is 32.6 Å². The number of carbonyl (C=O) groups excluding carboxylic acids is 2. The monoisotopic (exact) mass is 607 g/mol. The molecular weight excluding hydrogens is 562 g/mol. The lowest BCUT2D eigenvalue weighted by molar-refractivity contribution is -0.141. The minimum Gasteiger partial charge on any atom is -0.494 e. The zero-order valence-electron chi connectivity index (χ0n) is 26.0. The van der Waals surface area contributed by atoms with Crippen LogP contribution in [0.2, 0.25) is 0 Å². The highest BCUT2D eigenvalue weighted by Gasteiger charge is 2.30. The number of nitrogens with one attached hydrogen (secondary N) is 1. The van der Waals surface area contributed by atoms with Gasteiger partial charge in [0.15, 0.2) is 0 Å². The SMILES string of the molecule is CCOc1ccc(N(CCCC(=O)N(Cc2cccc(C)c2)C(Cc2ccccc2)C(=O)NCC(C)C)S(C)(=O)=O)cc1. The van der Waals surface area contributed by atoms with Gasteiger partial charge >= 0.3 is 0 Å². The van der Waals surface area contributed by atoms with E-state index < -0.39 is 16.1 Å². The number of amides is 2. The average Bonchev–Trinajstić information content (AvgIpc) is 2.96. The van der Waals surface area contributed by atoms with Gasteiger partial charge in [-0.15, -0.1) is 0 Å². The second kappa shape index (κ2) is 16.1. The van der Waals surface area contributed by atoms with Gasteiger partial charge in [0.1, 0.15) is 11.8 Å². The first-order valence-electron chi connectivity index (χ1n) is 14.8. The van der Waals surface area contributed by atoms with Gasteiger partial charge in [0, 0.05) is 32.5 Å². The molecule has 0 saturated carbocycles. The predicted octanol–water partition coefficient (Wildman–Crippen LogP) is 5.35. The van der Waals surface area contributed by atoms with Gasteiger partial charge in [-0.05, 0) is 61.6 Å². The van der Waals surface area contributed by atoms with E-state index in [1.807, 2.05) is 82.3 Å². The summed E-state index contributed by atoms with van der Waals surface area (Å²) in [5.74, 6) is 0.502. The number of hydrogen-bond donors (Lipinski definition) is 1. The van der Waals surface area contributed by atoms with Crippen molar-refractivity contribution < 1.29 is 22.7 Å². The van der Waals surface area contributed by atoms with Gasteiger partial charge in [-0.1, -0.05) is 74.0 Å². The van der Waals surface area contributed by atoms with Crippen molar-refractivity contribution in [3.05, 3.63) is 95.6 Å². The van der Waals surface area contributed by atoms with Crippen molar-refractivity contribution in [1.82, 2.24) is 10.2 Å². The largest absolute Gasteiger partial charge is 0.494 e. The maximum Gasteiger partial charge on any atom is 0.243 e. The molecule has 0 aliphatic heterocycles. The second-order valence-corrected chi connectivity index (χ2v) is 13.1. The van der Waals surface area contributed by atoms with E-state index in [-0.39, 0.29) is 43.7 Å². The highest BCUT2D eigenvalue weighted by atomic mass is 32.2. The summed E-state index contributed by atoms with van der Waals surface area (Å²) in [5.41, 5.74) is 3.45. The first-order chi connectivity index (χ1) is 20.5. The fourth-order valence-corrected chi connectivity index (χ4v) is 5.83. The molecule has 8 nitrogen and oxygen atoms in total. The van der Waals surface area contributed by atoms with Crippen LogP contribution in [0.25, 0.3) is 0 Å². The summed E-state index contributed by atoms with van der Waals surface area (Å²) >= 11 is 0. The minimum atomic E-state index is -3.60. The number of aryl methyl sites for hydroxylation is 1. The normalized spacial score (nSPS) is 12.0. The van der Waals surface area contributed by atoms with Crippen LogP contribution < -0.4 is 14.4 Å². The molecule has 2 amide bonds. The third-order valence-corrected chi connectivity index (χ3v) is 8.17. The number of rotatable bonds is 16. The second-order valence-electron chi connectivity index (χ2n) is 11.2. The molecule has 0 saturated heterocycles. The fourth-order valence-electron chi connectivity index (χ4n) is 4.86. The van der Waals surface area contributed by atoms with Gasteiger partial charge in [0.05, 0.1) is 18.6 Å². The number of anilines is 1. The Morgan fingerprint density at radius 1 is 0.930 bits per heavy atom. The van der Waals surface area contributed by atoms with Crippen molar-refractivity contribution in [3.8, 4) is 5.75 Å². The van der Waals surface area contributed by atoms with Crippen LogP contribution >= 0.6 is 0 Å². The first kappa shape index (κ1) is 33.6. The van der Waals surface area contributed by atoms with Crippen LogP contribution in [0.15, 0.2) is 78.9 Å². The summed E-state index contributed by atoms with van der Waals surface area (Å²) in [4.78, 5) is 29.2. The molecule has 9 heteroatoms. The van der Waals surface area contributed by atoms with Crippen LogP contribution in [0.5, 0.6) is 5.75 Å². The van der Waals surface area contributed by atoms with Crippen LogP contribution in [0.3, 0.4) is 0 Å². The van der Waals surface area contributed by atoms with E-state index in [0.717, 1.165) is 22.9 Å². The third kappa shape index (κ3) is 10.7. The summed E-state index contributed by atoms with van der Waals surface area (Å²) in [5, 5.41) is 3.03. The molecule has 0 fully saturated rings. The zero-order valence-corrected chi connectivity index (χ0v) is 26.8.